The number of nitrogens with zero attached hydrogens (tertiary/aromatic N) is 2. The van der Waals surface area contributed by atoms with E-state index in [4.69, 9.17) is 5.11 Å². The first-order chi connectivity index (χ1) is 7.93. The van der Waals surface area contributed by atoms with Crippen LogP contribution in [0.4, 0.5) is 13.2 Å². The van der Waals surface area contributed by atoms with Crippen molar-refractivity contribution in [2.75, 3.05) is 39.3 Å². The van der Waals surface area contributed by atoms with E-state index in [2.05, 4.69) is 0 Å². The minimum Gasteiger partial charge on any atom is -0.395 e. The first-order valence-corrected chi connectivity index (χ1v) is 5.30. The van der Waals surface area contributed by atoms with Crippen molar-refractivity contribution in [3.63, 3.8) is 0 Å². The Bertz CT molecular complexity index is 284. The van der Waals surface area contributed by atoms with E-state index in [0.717, 1.165) is 0 Å². The lowest BCUT2D eigenvalue weighted by Crippen LogP contribution is -2.45. The summed E-state index contributed by atoms with van der Waals surface area (Å²) < 4.78 is 35.7. The maximum atomic E-state index is 11.9. The first kappa shape index (κ1) is 14.0. The topological polar surface area (TPSA) is 43.8 Å². The number of aliphatic hydroxyl groups is 1. The molecule has 0 aromatic rings. The van der Waals surface area contributed by atoms with Gasteiger partial charge in [0.1, 0.15) is 0 Å². The maximum Gasteiger partial charge on any atom is 0.454 e. The maximum absolute atomic E-state index is 11.9. The third-order valence-corrected chi connectivity index (χ3v) is 2.54. The Hall–Kier alpha value is -1.08. The molecule has 0 spiro atoms. The van der Waals surface area contributed by atoms with Gasteiger partial charge in [0, 0.05) is 45.0 Å². The second-order valence-electron chi connectivity index (χ2n) is 3.78. The number of hydrogen-bond acceptors (Lipinski definition) is 4. The Labute approximate surface area is 97.3 Å². The molecule has 0 amide bonds. The standard InChI is InChI=1S/C10H15F3N2O2/c11-10(12,13)9(17)1-2-14-3-5-15(6-4-14)7-8-16/h1-2,16H,3-8H2/b2-1-. The van der Waals surface area contributed by atoms with E-state index in [-0.39, 0.29) is 6.61 Å². The number of rotatable bonds is 4. The summed E-state index contributed by atoms with van der Waals surface area (Å²) in [5.74, 6) is -1.84. The molecule has 0 bridgehead atoms. The SMILES string of the molecule is O=C(/C=C\N1CCN(CCO)CC1)C(F)(F)F. The molecule has 1 fully saturated rings. The summed E-state index contributed by atoms with van der Waals surface area (Å²) in [5, 5.41) is 8.71. The van der Waals surface area contributed by atoms with E-state index in [1.165, 1.54) is 6.20 Å². The van der Waals surface area contributed by atoms with Crippen LogP contribution in [0.3, 0.4) is 0 Å². The largest absolute Gasteiger partial charge is 0.454 e. The fourth-order valence-corrected chi connectivity index (χ4v) is 1.55. The van der Waals surface area contributed by atoms with Crippen LogP contribution in [-0.2, 0) is 4.79 Å². The van der Waals surface area contributed by atoms with Gasteiger partial charge in [-0.1, -0.05) is 0 Å². The van der Waals surface area contributed by atoms with E-state index in [1.54, 1.807) is 4.90 Å². The number of alkyl halides is 3. The van der Waals surface area contributed by atoms with Crippen LogP contribution < -0.4 is 0 Å². The number of ketones is 1. The van der Waals surface area contributed by atoms with Gasteiger partial charge in [0.15, 0.2) is 0 Å². The third kappa shape index (κ3) is 4.74. The van der Waals surface area contributed by atoms with Crippen molar-refractivity contribution in [3.05, 3.63) is 12.3 Å². The van der Waals surface area contributed by atoms with Gasteiger partial charge in [0.25, 0.3) is 5.78 Å². The van der Waals surface area contributed by atoms with Crippen molar-refractivity contribution in [1.29, 1.82) is 0 Å². The number of aliphatic hydroxyl groups excluding tert-OH is 1. The minimum atomic E-state index is -4.80. The molecule has 0 aromatic heterocycles. The van der Waals surface area contributed by atoms with Crippen LogP contribution in [0.1, 0.15) is 0 Å². The summed E-state index contributed by atoms with van der Waals surface area (Å²) in [5.41, 5.74) is 0. The van der Waals surface area contributed by atoms with Crippen LogP contribution in [0.25, 0.3) is 0 Å². The molecular formula is C10H15F3N2O2. The third-order valence-electron chi connectivity index (χ3n) is 2.54. The Morgan fingerprint density at radius 3 is 2.29 bits per heavy atom. The second-order valence-corrected chi connectivity index (χ2v) is 3.78. The summed E-state index contributed by atoms with van der Waals surface area (Å²) in [6.45, 7) is 3.10. The highest BCUT2D eigenvalue weighted by molar-refractivity contribution is 5.94. The predicted molar refractivity (Wildman–Crippen MR) is 55.3 cm³/mol. The molecular weight excluding hydrogens is 237 g/mol. The van der Waals surface area contributed by atoms with Gasteiger partial charge in [-0.15, -0.1) is 0 Å². The van der Waals surface area contributed by atoms with E-state index in [0.29, 0.717) is 38.8 Å². The Balaban J connectivity index is 2.35. The fourth-order valence-electron chi connectivity index (χ4n) is 1.55. The summed E-state index contributed by atoms with van der Waals surface area (Å²) in [6.07, 6.45) is -3.05. The summed E-state index contributed by atoms with van der Waals surface area (Å²) in [7, 11) is 0. The number of allylic oxidation sites excluding steroid dienone is 1. The van der Waals surface area contributed by atoms with Crippen LogP contribution in [0, 0.1) is 0 Å². The van der Waals surface area contributed by atoms with E-state index >= 15 is 0 Å². The number of carbonyl (C=O) groups excluding carboxylic acids is 1. The van der Waals surface area contributed by atoms with Crippen molar-refractivity contribution in [2.45, 2.75) is 6.18 Å². The quantitative estimate of drug-likeness (QED) is 0.728. The molecule has 1 heterocycles. The van der Waals surface area contributed by atoms with Gasteiger partial charge in [-0.2, -0.15) is 13.2 Å². The fraction of sp³-hybridized carbons (Fsp3) is 0.700. The molecule has 0 atom stereocenters. The zero-order valence-corrected chi connectivity index (χ0v) is 9.28. The highest BCUT2D eigenvalue weighted by atomic mass is 19.4. The number of hydrogen-bond donors (Lipinski definition) is 1. The van der Waals surface area contributed by atoms with Crippen LogP contribution in [-0.4, -0.2) is 66.2 Å². The van der Waals surface area contributed by atoms with Crippen molar-refractivity contribution >= 4 is 5.78 Å². The van der Waals surface area contributed by atoms with Crippen molar-refractivity contribution in [1.82, 2.24) is 9.80 Å². The van der Waals surface area contributed by atoms with Gasteiger partial charge in [-0.25, -0.2) is 0 Å². The monoisotopic (exact) mass is 252 g/mol. The highest BCUT2D eigenvalue weighted by Gasteiger charge is 2.36. The van der Waals surface area contributed by atoms with E-state index in [1.807, 2.05) is 4.90 Å². The molecule has 0 aliphatic carbocycles. The van der Waals surface area contributed by atoms with Crippen molar-refractivity contribution < 1.29 is 23.1 Å². The molecule has 1 saturated heterocycles. The van der Waals surface area contributed by atoms with Gasteiger partial charge < -0.3 is 10.0 Å². The average Bonchev–Trinajstić information content (AvgIpc) is 2.27. The van der Waals surface area contributed by atoms with Gasteiger partial charge in [0.05, 0.1) is 6.61 Å². The summed E-state index contributed by atoms with van der Waals surface area (Å²) >= 11 is 0. The number of halogens is 3. The van der Waals surface area contributed by atoms with Gasteiger partial charge in [-0.05, 0) is 0 Å². The lowest BCUT2D eigenvalue weighted by molar-refractivity contribution is -0.165. The zero-order chi connectivity index (χ0) is 12.9. The molecule has 17 heavy (non-hydrogen) atoms. The average molecular weight is 252 g/mol. The van der Waals surface area contributed by atoms with Gasteiger partial charge >= 0.3 is 6.18 Å². The van der Waals surface area contributed by atoms with Crippen molar-refractivity contribution in [3.8, 4) is 0 Å². The lowest BCUT2D eigenvalue weighted by atomic mass is 10.3. The second kappa shape index (κ2) is 6.02. The molecule has 7 heteroatoms. The van der Waals surface area contributed by atoms with Crippen LogP contribution in [0.5, 0.6) is 0 Å². The summed E-state index contributed by atoms with van der Waals surface area (Å²) in [4.78, 5) is 14.3. The Morgan fingerprint density at radius 2 is 1.82 bits per heavy atom. The molecule has 0 unspecified atom stereocenters. The van der Waals surface area contributed by atoms with Crippen LogP contribution in [0.15, 0.2) is 12.3 Å². The number of carbonyl (C=O) groups is 1. The summed E-state index contributed by atoms with van der Waals surface area (Å²) in [6, 6.07) is 0. The minimum absolute atomic E-state index is 0.0718. The van der Waals surface area contributed by atoms with Gasteiger partial charge in [0.2, 0.25) is 0 Å². The number of piperazine rings is 1. The van der Waals surface area contributed by atoms with Gasteiger partial charge in [-0.3, -0.25) is 9.69 Å². The molecule has 98 valence electrons. The normalized spacial score (nSPS) is 18.9. The zero-order valence-electron chi connectivity index (χ0n) is 9.28. The van der Waals surface area contributed by atoms with Crippen molar-refractivity contribution in [2.24, 2.45) is 0 Å². The van der Waals surface area contributed by atoms with E-state index < -0.39 is 12.0 Å². The molecule has 1 N–H and O–H groups in total. The molecule has 0 aromatic carbocycles. The molecule has 1 rings (SSSR count). The molecule has 1 aliphatic rings. The highest BCUT2D eigenvalue weighted by Crippen LogP contribution is 2.16. The first-order valence-electron chi connectivity index (χ1n) is 5.30. The molecule has 0 saturated carbocycles. The Morgan fingerprint density at radius 1 is 1.24 bits per heavy atom. The van der Waals surface area contributed by atoms with Crippen LogP contribution in [0.2, 0.25) is 0 Å². The predicted octanol–water partition coefficient (Wildman–Crippen LogP) is 0.241. The molecule has 4 nitrogen and oxygen atoms in total. The lowest BCUT2D eigenvalue weighted by Gasteiger charge is -2.33. The number of β-amino-alcohol motifs (C(OH)–C–C–N with tert-alkyl or cyclic N) is 1. The smallest absolute Gasteiger partial charge is 0.395 e. The Kier molecular flexibility index (Phi) is 4.95. The molecule has 0 radical (unpaired) electrons. The molecule has 1 aliphatic heterocycles. The van der Waals surface area contributed by atoms with E-state index in [9.17, 15) is 18.0 Å². The van der Waals surface area contributed by atoms with Crippen LogP contribution >= 0.6 is 0 Å².